The molecule has 1 atom stereocenters. The van der Waals surface area contributed by atoms with Crippen molar-refractivity contribution in [1.82, 2.24) is 14.8 Å². The summed E-state index contributed by atoms with van der Waals surface area (Å²) in [5, 5.41) is 3.70. The molecule has 1 N–H and O–H groups in total. The first kappa shape index (κ1) is 8.18. The Hall–Kier alpha value is -1.43. The third-order valence-electron chi connectivity index (χ3n) is 1.92. The number of nitrogens with zero attached hydrogens (tertiary/aromatic N) is 2. The molecule has 1 aromatic heterocycles. The van der Waals surface area contributed by atoms with E-state index < -0.39 is 11.2 Å². The predicted octanol–water partition coefficient (Wildman–Crippen LogP) is -0.759. The van der Waals surface area contributed by atoms with Gasteiger partial charge in [-0.25, -0.2) is 4.79 Å². The maximum absolute atomic E-state index is 11.2. The molecule has 0 saturated carbocycles. The first-order valence-corrected chi connectivity index (χ1v) is 4.07. The van der Waals surface area contributed by atoms with Gasteiger partial charge in [-0.1, -0.05) is 0 Å². The van der Waals surface area contributed by atoms with Gasteiger partial charge in [-0.15, -0.1) is 0 Å². The Balaban J connectivity index is 2.40. The fraction of sp³-hybridized carbons (Fsp3) is 0.571. The SMILES string of the molecule is O=c1cnn([C@H]2CCCO2)c(=O)[nH]1. The quantitative estimate of drug-likeness (QED) is 0.620. The summed E-state index contributed by atoms with van der Waals surface area (Å²) in [6.45, 7) is 0.637. The molecule has 0 bridgehead atoms. The Morgan fingerprint density at radius 2 is 2.46 bits per heavy atom. The van der Waals surface area contributed by atoms with E-state index >= 15 is 0 Å². The summed E-state index contributed by atoms with van der Waals surface area (Å²) in [6.07, 6.45) is 2.43. The van der Waals surface area contributed by atoms with Crippen molar-refractivity contribution < 1.29 is 4.74 Å². The van der Waals surface area contributed by atoms with Gasteiger partial charge in [0.25, 0.3) is 5.56 Å². The van der Waals surface area contributed by atoms with Crippen molar-refractivity contribution in [2.45, 2.75) is 19.1 Å². The highest BCUT2D eigenvalue weighted by Crippen LogP contribution is 2.19. The van der Waals surface area contributed by atoms with Gasteiger partial charge in [-0.3, -0.25) is 9.78 Å². The summed E-state index contributed by atoms with van der Waals surface area (Å²) in [7, 11) is 0. The van der Waals surface area contributed by atoms with E-state index in [1.54, 1.807) is 0 Å². The lowest BCUT2D eigenvalue weighted by molar-refractivity contribution is 0.0412. The minimum Gasteiger partial charge on any atom is -0.356 e. The zero-order chi connectivity index (χ0) is 9.26. The maximum atomic E-state index is 11.2. The van der Waals surface area contributed by atoms with Gasteiger partial charge >= 0.3 is 5.69 Å². The van der Waals surface area contributed by atoms with Gasteiger partial charge in [0.15, 0.2) is 6.23 Å². The van der Waals surface area contributed by atoms with Gasteiger partial charge in [-0.2, -0.15) is 9.78 Å². The summed E-state index contributed by atoms with van der Waals surface area (Å²) in [5.74, 6) is 0. The van der Waals surface area contributed by atoms with Crippen molar-refractivity contribution in [3.63, 3.8) is 0 Å². The van der Waals surface area contributed by atoms with Crippen LogP contribution in [0.4, 0.5) is 0 Å². The first-order valence-electron chi connectivity index (χ1n) is 4.07. The first-order chi connectivity index (χ1) is 6.27. The van der Waals surface area contributed by atoms with E-state index in [0.717, 1.165) is 23.7 Å². The second kappa shape index (κ2) is 3.14. The molecular formula is C7H9N3O3. The zero-order valence-electron chi connectivity index (χ0n) is 6.90. The van der Waals surface area contributed by atoms with Crippen LogP contribution in [0.1, 0.15) is 19.1 Å². The lowest BCUT2D eigenvalue weighted by atomic mass is 10.3. The molecule has 1 aliphatic heterocycles. The Morgan fingerprint density at radius 1 is 1.62 bits per heavy atom. The standard InChI is InChI=1S/C7H9N3O3/c11-5-4-8-10(7(12)9-5)6-2-1-3-13-6/h4,6H,1-3H2,(H,9,11,12)/t6-/m1/s1. The van der Waals surface area contributed by atoms with E-state index in [2.05, 4.69) is 10.1 Å². The minimum atomic E-state index is -0.514. The van der Waals surface area contributed by atoms with Crippen LogP contribution in [-0.4, -0.2) is 21.4 Å². The Labute approximate surface area is 73.2 Å². The van der Waals surface area contributed by atoms with Crippen LogP contribution in [-0.2, 0) is 4.74 Å². The highest BCUT2D eigenvalue weighted by molar-refractivity contribution is 4.72. The molecule has 1 saturated heterocycles. The van der Waals surface area contributed by atoms with Crippen LogP contribution in [0, 0.1) is 0 Å². The molecule has 2 rings (SSSR count). The van der Waals surface area contributed by atoms with Gasteiger partial charge in [0.1, 0.15) is 6.20 Å². The number of ether oxygens (including phenoxy) is 1. The van der Waals surface area contributed by atoms with Gasteiger partial charge in [-0.05, 0) is 12.8 Å². The Morgan fingerprint density at radius 3 is 3.08 bits per heavy atom. The molecule has 1 aromatic rings. The molecule has 1 aliphatic rings. The topological polar surface area (TPSA) is 77.0 Å². The van der Waals surface area contributed by atoms with Crippen molar-refractivity contribution in [2.24, 2.45) is 0 Å². The summed E-state index contributed by atoms with van der Waals surface area (Å²) >= 11 is 0. The molecule has 2 heterocycles. The average molecular weight is 183 g/mol. The molecule has 6 heteroatoms. The molecule has 6 nitrogen and oxygen atoms in total. The summed E-state index contributed by atoms with van der Waals surface area (Å²) < 4.78 is 6.40. The van der Waals surface area contributed by atoms with Crippen LogP contribution in [0.2, 0.25) is 0 Å². The molecule has 70 valence electrons. The molecule has 0 radical (unpaired) electrons. The number of aromatic amines is 1. The van der Waals surface area contributed by atoms with Crippen molar-refractivity contribution in [3.05, 3.63) is 27.0 Å². The molecule has 0 spiro atoms. The molecule has 0 amide bonds. The van der Waals surface area contributed by atoms with Crippen LogP contribution in [0.15, 0.2) is 15.8 Å². The number of hydrogen-bond acceptors (Lipinski definition) is 4. The van der Waals surface area contributed by atoms with Crippen molar-refractivity contribution in [3.8, 4) is 0 Å². The van der Waals surface area contributed by atoms with Gasteiger partial charge in [0, 0.05) is 6.61 Å². The Kier molecular flexibility index (Phi) is 1.97. The van der Waals surface area contributed by atoms with E-state index in [-0.39, 0.29) is 6.23 Å². The van der Waals surface area contributed by atoms with Crippen LogP contribution >= 0.6 is 0 Å². The highest BCUT2D eigenvalue weighted by atomic mass is 16.5. The molecule has 0 aromatic carbocycles. The number of H-pyrrole nitrogens is 1. The highest BCUT2D eigenvalue weighted by Gasteiger charge is 2.19. The monoisotopic (exact) mass is 183 g/mol. The number of hydrogen-bond donors (Lipinski definition) is 1. The largest absolute Gasteiger partial charge is 0.356 e. The van der Waals surface area contributed by atoms with Crippen LogP contribution in [0.25, 0.3) is 0 Å². The lowest BCUT2D eigenvalue weighted by Gasteiger charge is -2.09. The minimum absolute atomic E-state index is 0.315. The lowest BCUT2D eigenvalue weighted by Crippen LogP contribution is -2.33. The second-order valence-corrected chi connectivity index (χ2v) is 2.85. The number of rotatable bonds is 1. The van der Waals surface area contributed by atoms with Crippen molar-refractivity contribution >= 4 is 0 Å². The van der Waals surface area contributed by atoms with Gasteiger partial charge in [0.2, 0.25) is 0 Å². The van der Waals surface area contributed by atoms with E-state index in [1.165, 1.54) is 0 Å². The van der Waals surface area contributed by atoms with Crippen LogP contribution in [0.3, 0.4) is 0 Å². The van der Waals surface area contributed by atoms with Gasteiger partial charge < -0.3 is 4.74 Å². The van der Waals surface area contributed by atoms with Crippen molar-refractivity contribution in [1.29, 1.82) is 0 Å². The van der Waals surface area contributed by atoms with E-state index in [0.29, 0.717) is 6.61 Å². The normalized spacial score (nSPS) is 22.0. The molecule has 0 aliphatic carbocycles. The van der Waals surface area contributed by atoms with Gasteiger partial charge in [0.05, 0.1) is 0 Å². The average Bonchev–Trinajstić information content (AvgIpc) is 2.56. The number of aromatic nitrogens is 3. The third-order valence-corrected chi connectivity index (χ3v) is 1.92. The third kappa shape index (κ3) is 1.52. The zero-order valence-corrected chi connectivity index (χ0v) is 6.90. The van der Waals surface area contributed by atoms with Crippen LogP contribution < -0.4 is 11.2 Å². The smallest absolute Gasteiger partial charge is 0.347 e. The summed E-state index contributed by atoms with van der Waals surface area (Å²) in [4.78, 5) is 24.0. The second-order valence-electron chi connectivity index (χ2n) is 2.85. The van der Waals surface area contributed by atoms with Crippen molar-refractivity contribution in [2.75, 3.05) is 6.61 Å². The van der Waals surface area contributed by atoms with E-state index in [4.69, 9.17) is 4.74 Å². The van der Waals surface area contributed by atoms with Crippen LogP contribution in [0.5, 0.6) is 0 Å². The molecule has 13 heavy (non-hydrogen) atoms. The predicted molar refractivity (Wildman–Crippen MR) is 43.3 cm³/mol. The fourth-order valence-electron chi connectivity index (χ4n) is 1.32. The molecular weight excluding hydrogens is 174 g/mol. The number of nitrogens with one attached hydrogen (secondary N) is 1. The maximum Gasteiger partial charge on any atom is 0.347 e. The van der Waals surface area contributed by atoms with E-state index in [1.807, 2.05) is 0 Å². The summed E-state index contributed by atoms with van der Waals surface area (Å²) in [6, 6.07) is 0. The summed E-state index contributed by atoms with van der Waals surface area (Å²) in [5.41, 5.74) is -1.00. The molecule has 0 unspecified atom stereocenters. The fourth-order valence-corrected chi connectivity index (χ4v) is 1.32. The molecule has 1 fully saturated rings. The van der Waals surface area contributed by atoms with E-state index in [9.17, 15) is 9.59 Å². The Bertz CT molecular complexity index is 402.